The van der Waals surface area contributed by atoms with Crippen molar-refractivity contribution in [3.63, 3.8) is 0 Å². The third kappa shape index (κ3) is 4.61. The summed E-state index contributed by atoms with van der Waals surface area (Å²) in [6, 6.07) is 8.56. The predicted octanol–water partition coefficient (Wildman–Crippen LogP) is 3.81. The monoisotopic (exact) mass is 471 g/mol. The zero-order valence-corrected chi connectivity index (χ0v) is 19.5. The van der Waals surface area contributed by atoms with Crippen molar-refractivity contribution >= 4 is 21.6 Å². The summed E-state index contributed by atoms with van der Waals surface area (Å²) in [4.78, 5) is 19.0. The summed E-state index contributed by atoms with van der Waals surface area (Å²) < 4.78 is 38.9. The van der Waals surface area contributed by atoms with Crippen LogP contribution in [0.3, 0.4) is 0 Å². The Morgan fingerprint density at radius 2 is 2.00 bits per heavy atom. The van der Waals surface area contributed by atoms with Crippen molar-refractivity contribution in [2.75, 3.05) is 11.2 Å². The number of anilines is 1. The van der Waals surface area contributed by atoms with E-state index in [0.29, 0.717) is 17.7 Å². The molecule has 10 heteroatoms. The molecule has 2 aromatic heterocycles. The van der Waals surface area contributed by atoms with Gasteiger partial charge in [0, 0.05) is 18.5 Å². The molecule has 1 aliphatic heterocycles. The van der Waals surface area contributed by atoms with E-state index >= 15 is 0 Å². The largest absolute Gasteiger partial charge is 0.331 e. The molecule has 3 heterocycles. The first-order chi connectivity index (χ1) is 15.7. The number of amides is 2. The molecular formula is C23H26FN5O3S. The van der Waals surface area contributed by atoms with Crippen molar-refractivity contribution in [3.05, 3.63) is 65.9 Å². The molecule has 0 aliphatic carbocycles. The minimum absolute atomic E-state index is 0.0260. The number of carbonyl (C=O) groups excluding carboxylic acids is 1. The Kier molecular flexibility index (Phi) is 6.20. The van der Waals surface area contributed by atoms with Crippen LogP contribution in [-0.4, -0.2) is 41.5 Å². The second kappa shape index (κ2) is 8.93. The number of benzene rings is 1. The van der Waals surface area contributed by atoms with Crippen LogP contribution in [0.5, 0.6) is 0 Å². The summed E-state index contributed by atoms with van der Waals surface area (Å²) in [6.45, 7) is 3.90. The third-order valence-electron chi connectivity index (χ3n) is 5.88. The first-order valence-corrected chi connectivity index (χ1v) is 12.7. The Bertz CT molecular complexity index is 1270. The van der Waals surface area contributed by atoms with Gasteiger partial charge in [-0.2, -0.15) is 5.10 Å². The molecule has 0 radical (unpaired) electrons. The van der Waals surface area contributed by atoms with E-state index in [-0.39, 0.29) is 29.0 Å². The standard InChI is InChI=1S/C23H26FN5O3S/c1-4-19(16-11-12-25-22(13-16)33(3,31)32)27-23(30)28-15(2)5-10-20-21(28)14-26-29(20)18-8-6-17(24)7-9-18/h6-9,11-15,19H,4-5,10H2,1-3H3,(H,27,30)/t15?,19-/m0/s1. The SMILES string of the molecule is CC[C@H](NC(=O)N1c2cnn(-c3ccc(F)cc3)c2CCC1C)c1ccnc(S(C)(=O)=O)c1. The topological polar surface area (TPSA) is 97.2 Å². The highest BCUT2D eigenvalue weighted by molar-refractivity contribution is 7.90. The number of nitrogens with one attached hydrogen (secondary N) is 1. The summed E-state index contributed by atoms with van der Waals surface area (Å²) in [5.41, 5.74) is 2.99. The lowest BCUT2D eigenvalue weighted by Gasteiger charge is -2.34. The lowest BCUT2D eigenvalue weighted by molar-refractivity contribution is 0.239. The molecule has 1 aliphatic rings. The fraction of sp³-hybridized carbons (Fsp3) is 0.348. The molecule has 174 valence electrons. The highest BCUT2D eigenvalue weighted by atomic mass is 32.2. The van der Waals surface area contributed by atoms with E-state index in [1.165, 1.54) is 24.4 Å². The number of hydrogen-bond acceptors (Lipinski definition) is 5. The molecular weight excluding hydrogens is 445 g/mol. The second-order valence-corrected chi connectivity index (χ2v) is 10.2. The van der Waals surface area contributed by atoms with Crippen LogP contribution in [-0.2, 0) is 16.3 Å². The molecule has 4 rings (SSSR count). The van der Waals surface area contributed by atoms with Gasteiger partial charge in [0.1, 0.15) is 5.82 Å². The van der Waals surface area contributed by atoms with E-state index in [0.717, 1.165) is 30.5 Å². The van der Waals surface area contributed by atoms with Gasteiger partial charge >= 0.3 is 6.03 Å². The Morgan fingerprint density at radius 3 is 2.67 bits per heavy atom. The van der Waals surface area contributed by atoms with Gasteiger partial charge in [0.05, 0.1) is 29.3 Å². The van der Waals surface area contributed by atoms with Crippen LogP contribution in [0, 0.1) is 5.82 Å². The van der Waals surface area contributed by atoms with Gasteiger partial charge in [0.15, 0.2) is 14.9 Å². The van der Waals surface area contributed by atoms with E-state index in [9.17, 15) is 17.6 Å². The number of halogens is 1. The van der Waals surface area contributed by atoms with Crippen molar-refractivity contribution in [1.29, 1.82) is 0 Å². The number of fused-ring (bicyclic) bond motifs is 1. The van der Waals surface area contributed by atoms with E-state index < -0.39 is 9.84 Å². The van der Waals surface area contributed by atoms with Crippen LogP contribution in [0.25, 0.3) is 5.69 Å². The van der Waals surface area contributed by atoms with Crippen molar-refractivity contribution < 1.29 is 17.6 Å². The average molecular weight is 472 g/mol. The van der Waals surface area contributed by atoms with Gasteiger partial charge in [-0.25, -0.2) is 27.3 Å². The lowest BCUT2D eigenvalue weighted by atomic mass is 10.0. The smallest absolute Gasteiger partial charge is 0.322 e. The van der Waals surface area contributed by atoms with Gasteiger partial charge in [0.25, 0.3) is 0 Å². The van der Waals surface area contributed by atoms with Crippen LogP contribution in [0.15, 0.2) is 53.8 Å². The molecule has 0 bridgehead atoms. The molecule has 2 amide bonds. The maximum Gasteiger partial charge on any atom is 0.322 e. The minimum Gasteiger partial charge on any atom is -0.331 e. The summed E-state index contributed by atoms with van der Waals surface area (Å²) in [5, 5.41) is 7.47. The minimum atomic E-state index is -3.46. The molecule has 0 spiro atoms. The summed E-state index contributed by atoms with van der Waals surface area (Å²) in [7, 11) is -3.46. The first kappa shape index (κ1) is 22.9. The summed E-state index contributed by atoms with van der Waals surface area (Å²) >= 11 is 0. The number of urea groups is 1. The number of hydrogen-bond donors (Lipinski definition) is 1. The van der Waals surface area contributed by atoms with Crippen molar-refractivity contribution in [2.45, 2.75) is 50.2 Å². The molecule has 8 nitrogen and oxygen atoms in total. The Morgan fingerprint density at radius 1 is 1.27 bits per heavy atom. The first-order valence-electron chi connectivity index (χ1n) is 10.8. The number of nitrogens with zero attached hydrogens (tertiary/aromatic N) is 4. The van der Waals surface area contributed by atoms with Crippen molar-refractivity contribution in [1.82, 2.24) is 20.1 Å². The Hall–Kier alpha value is -3.27. The molecule has 0 saturated carbocycles. The molecule has 0 saturated heterocycles. The predicted molar refractivity (Wildman–Crippen MR) is 123 cm³/mol. The number of sulfone groups is 1. The summed E-state index contributed by atoms with van der Waals surface area (Å²) in [5.74, 6) is -0.324. The number of carbonyl (C=O) groups is 1. The number of rotatable bonds is 5. The van der Waals surface area contributed by atoms with Crippen LogP contribution in [0.2, 0.25) is 0 Å². The Balaban J connectivity index is 1.62. The second-order valence-electron chi connectivity index (χ2n) is 8.23. The van der Waals surface area contributed by atoms with Crippen LogP contribution >= 0.6 is 0 Å². The number of aromatic nitrogens is 3. The highest BCUT2D eigenvalue weighted by Gasteiger charge is 2.32. The van der Waals surface area contributed by atoms with Gasteiger partial charge in [-0.15, -0.1) is 0 Å². The van der Waals surface area contributed by atoms with E-state index in [1.807, 2.05) is 13.8 Å². The molecule has 1 N–H and O–H groups in total. The number of pyridine rings is 1. The van der Waals surface area contributed by atoms with E-state index in [4.69, 9.17) is 0 Å². The van der Waals surface area contributed by atoms with Gasteiger partial charge in [-0.1, -0.05) is 6.92 Å². The van der Waals surface area contributed by atoms with Crippen molar-refractivity contribution in [2.24, 2.45) is 0 Å². The molecule has 2 atom stereocenters. The molecule has 3 aromatic rings. The third-order valence-corrected chi connectivity index (χ3v) is 6.87. The van der Waals surface area contributed by atoms with Gasteiger partial charge in [-0.3, -0.25) is 4.90 Å². The van der Waals surface area contributed by atoms with E-state index in [2.05, 4.69) is 15.4 Å². The average Bonchev–Trinajstić information content (AvgIpc) is 3.21. The molecule has 33 heavy (non-hydrogen) atoms. The molecule has 1 unspecified atom stereocenters. The maximum absolute atomic E-state index is 13.4. The highest BCUT2D eigenvalue weighted by Crippen LogP contribution is 2.33. The molecule has 1 aromatic carbocycles. The Labute approximate surface area is 192 Å². The fourth-order valence-corrected chi connectivity index (χ4v) is 4.71. The normalized spacial score (nSPS) is 16.8. The molecule has 0 fully saturated rings. The van der Waals surface area contributed by atoms with Crippen LogP contribution in [0.4, 0.5) is 14.9 Å². The zero-order chi connectivity index (χ0) is 23.8. The van der Waals surface area contributed by atoms with Gasteiger partial charge in [0.2, 0.25) is 0 Å². The van der Waals surface area contributed by atoms with Crippen molar-refractivity contribution in [3.8, 4) is 5.69 Å². The quantitative estimate of drug-likeness (QED) is 0.610. The van der Waals surface area contributed by atoms with Crippen LogP contribution < -0.4 is 10.2 Å². The van der Waals surface area contributed by atoms with Gasteiger partial charge in [-0.05, 0) is 68.1 Å². The van der Waals surface area contributed by atoms with E-state index in [1.54, 1.807) is 34.0 Å². The zero-order valence-electron chi connectivity index (χ0n) is 18.7. The lowest BCUT2D eigenvalue weighted by Crippen LogP contribution is -2.48. The van der Waals surface area contributed by atoms with Gasteiger partial charge < -0.3 is 5.32 Å². The fourth-order valence-electron chi connectivity index (χ4n) is 4.11. The van der Waals surface area contributed by atoms with Crippen LogP contribution in [0.1, 0.15) is 44.0 Å². The maximum atomic E-state index is 13.4. The summed E-state index contributed by atoms with van der Waals surface area (Å²) in [6.07, 6.45) is 6.25.